The maximum Gasteiger partial charge on any atom is 0.330 e. The molecule has 1 aromatic carbocycles. The van der Waals surface area contributed by atoms with Crippen LogP contribution < -0.4 is 9.47 Å². The van der Waals surface area contributed by atoms with Crippen LogP contribution in [-0.2, 0) is 9.53 Å². The molecule has 0 saturated heterocycles. The van der Waals surface area contributed by atoms with E-state index in [2.05, 4.69) is 0 Å². The molecule has 0 heterocycles. The van der Waals surface area contributed by atoms with Crippen molar-refractivity contribution in [2.75, 3.05) is 20.8 Å². The molecule has 0 unspecified atom stereocenters. The van der Waals surface area contributed by atoms with Crippen LogP contribution >= 0.6 is 0 Å². The molecule has 0 amide bonds. The van der Waals surface area contributed by atoms with Gasteiger partial charge in [-0.05, 0) is 30.2 Å². The molecule has 0 aromatic heterocycles. The van der Waals surface area contributed by atoms with Crippen molar-refractivity contribution in [3.63, 3.8) is 0 Å². The van der Waals surface area contributed by atoms with Crippen LogP contribution in [0.5, 0.6) is 17.2 Å². The van der Waals surface area contributed by atoms with Gasteiger partial charge >= 0.3 is 5.97 Å². The summed E-state index contributed by atoms with van der Waals surface area (Å²) in [6, 6.07) is 3.20. The van der Waals surface area contributed by atoms with E-state index >= 15 is 0 Å². The summed E-state index contributed by atoms with van der Waals surface area (Å²) >= 11 is 0. The van der Waals surface area contributed by atoms with E-state index in [9.17, 15) is 9.90 Å². The lowest BCUT2D eigenvalue weighted by Crippen LogP contribution is -2.00. The van der Waals surface area contributed by atoms with Crippen LogP contribution in [0.1, 0.15) is 18.9 Å². The number of benzene rings is 1. The summed E-state index contributed by atoms with van der Waals surface area (Å²) < 4.78 is 15.0. The molecule has 104 valence electrons. The van der Waals surface area contributed by atoms with Gasteiger partial charge in [0, 0.05) is 6.08 Å². The first-order valence-corrected chi connectivity index (χ1v) is 5.92. The molecule has 5 nitrogen and oxygen atoms in total. The number of phenolic OH excluding ortho intramolecular Hbond substituents is 1. The number of carbonyl (C=O) groups is 1. The Morgan fingerprint density at radius 2 is 1.84 bits per heavy atom. The Hall–Kier alpha value is -2.17. The molecule has 19 heavy (non-hydrogen) atoms. The summed E-state index contributed by atoms with van der Waals surface area (Å²) in [6.45, 7) is 2.32. The van der Waals surface area contributed by atoms with Gasteiger partial charge in [0.05, 0.1) is 20.8 Å². The zero-order valence-electron chi connectivity index (χ0n) is 11.3. The third kappa shape index (κ3) is 4.21. The Morgan fingerprint density at radius 1 is 1.26 bits per heavy atom. The van der Waals surface area contributed by atoms with Gasteiger partial charge in [0.1, 0.15) is 0 Å². The molecule has 1 N–H and O–H groups in total. The Kier molecular flexibility index (Phi) is 5.73. The molecule has 0 radical (unpaired) electrons. The zero-order chi connectivity index (χ0) is 14.3. The molecular weight excluding hydrogens is 248 g/mol. The Bertz CT molecular complexity index is 440. The van der Waals surface area contributed by atoms with Crippen LogP contribution in [0.3, 0.4) is 0 Å². The van der Waals surface area contributed by atoms with E-state index in [0.717, 1.165) is 6.42 Å². The molecular formula is C14H18O5. The number of esters is 1. The summed E-state index contributed by atoms with van der Waals surface area (Å²) in [6.07, 6.45) is 3.67. The van der Waals surface area contributed by atoms with Gasteiger partial charge in [-0.1, -0.05) is 6.92 Å². The minimum Gasteiger partial charge on any atom is -0.502 e. The number of phenols is 1. The van der Waals surface area contributed by atoms with Gasteiger partial charge in [-0.25, -0.2) is 4.79 Å². The number of methoxy groups -OCH3 is 2. The van der Waals surface area contributed by atoms with Gasteiger partial charge in [0.25, 0.3) is 0 Å². The maximum absolute atomic E-state index is 11.3. The van der Waals surface area contributed by atoms with Crippen molar-refractivity contribution in [1.82, 2.24) is 0 Å². The van der Waals surface area contributed by atoms with Gasteiger partial charge in [0.2, 0.25) is 5.75 Å². The summed E-state index contributed by atoms with van der Waals surface area (Å²) in [4.78, 5) is 11.3. The van der Waals surface area contributed by atoms with Crippen LogP contribution in [0.4, 0.5) is 0 Å². The SMILES string of the molecule is CCCOC(=O)/C=C/c1cc(OC)c(O)c(OC)c1. The van der Waals surface area contributed by atoms with E-state index < -0.39 is 5.97 Å². The molecule has 0 saturated carbocycles. The normalized spacial score (nSPS) is 10.5. The van der Waals surface area contributed by atoms with Gasteiger partial charge in [0.15, 0.2) is 11.5 Å². The minimum absolute atomic E-state index is 0.0734. The summed E-state index contributed by atoms with van der Waals surface area (Å²) in [5.41, 5.74) is 0.667. The molecule has 0 fully saturated rings. The fourth-order valence-electron chi connectivity index (χ4n) is 1.43. The highest BCUT2D eigenvalue weighted by atomic mass is 16.5. The van der Waals surface area contributed by atoms with Crippen molar-refractivity contribution < 1.29 is 24.1 Å². The third-order valence-electron chi connectivity index (χ3n) is 2.36. The first kappa shape index (κ1) is 14.9. The van der Waals surface area contributed by atoms with Gasteiger partial charge in [-0.2, -0.15) is 0 Å². The standard InChI is InChI=1S/C14H18O5/c1-4-7-19-13(15)6-5-10-8-11(17-2)14(16)12(9-10)18-3/h5-6,8-9,16H,4,7H2,1-3H3/b6-5+. The molecule has 0 atom stereocenters. The van der Waals surface area contributed by atoms with Crippen LogP contribution in [0.15, 0.2) is 18.2 Å². The van der Waals surface area contributed by atoms with E-state index in [4.69, 9.17) is 14.2 Å². The van der Waals surface area contributed by atoms with Crippen molar-refractivity contribution >= 4 is 12.0 Å². The van der Waals surface area contributed by atoms with Crippen molar-refractivity contribution in [3.05, 3.63) is 23.8 Å². The first-order valence-electron chi connectivity index (χ1n) is 5.92. The first-order chi connectivity index (χ1) is 9.12. The quantitative estimate of drug-likeness (QED) is 0.632. The van der Waals surface area contributed by atoms with Crippen molar-refractivity contribution in [2.24, 2.45) is 0 Å². The van der Waals surface area contributed by atoms with Gasteiger partial charge in [-0.15, -0.1) is 0 Å². The summed E-state index contributed by atoms with van der Waals surface area (Å²) in [5.74, 6) is 0.0745. The highest BCUT2D eigenvalue weighted by molar-refractivity contribution is 5.87. The molecule has 1 aromatic rings. The molecule has 0 aliphatic rings. The molecule has 0 aliphatic carbocycles. The predicted octanol–water partition coefficient (Wildman–Crippen LogP) is 2.38. The molecule has 1 rings (SSSR count). The molecule has 0 bridgehead atoms. The van der Waals surface area contributed by atoms with E-state index in [1.54, 1.807) is 18.2 Å². The number of aromatic hydroxyl groups is 1. The van der Waals surface area contributed by atoms with E-state index in [1.165, 1.54) is 20.3 Å². The highest BCUT2D eigenvalue weighted by Gasteiger charge is 2.10. The number of hydrogen-bond donors (Lipinski definition) is 1. The highest BCUT2D eigenvalue weighted by Crippen LogP contribution is 2.37. The lowest BCUT2D eigenvalue weighted by molar-refractivity contribution is -0.137. The Labute approximate surface area is 112 Å². The number of ether oxygens (including phenoxy) is 3. The number of hydrogen-bond acceptors (Lipinski definition) is 5. The van der Waals surface area contributed by atoms with E-state index in [0.29, 0.717) is 12.2 Å². The van der Waals surface area contributed by atoms with Crippen molar-refractivity contribution in [2.45, 2.75) is 13.3 Å². The third-order valence-corrected chi connectivity index (χ3v) is 2.36. The average molecular weight is 266 g/mol. The Morgan fingerprint density at radius 3 is 2.32 bits per heavy atom. The lowest BCUT2D eigenvalue weighted by atomic mass is 10.1. The number of rotatable bonds is 6. The van der Waals surface area contributed by atoms with Gasteiger partial charge in [-0.3, -0.25) is 0 Å². The lowest BCUT2D eigenvalue weighted by Gasteiger charge is -2.09. The van der Waals surface area contributed by atoms with Crippen LogP contribution in [-0.4, -0.2) is 31.9 Å². The van der Waals surface area contributed by atoms with Gasteiger partial charge < -0.3 is 19.3 Å². The fraction of sp³-hybridized carbons (Fsp3) is 0.357. The van der Waals surface area contributed by atoms with Crippen LogP contribution in [0.25, 0.3) is 6.08 Å². The Balaban J connectivity index is 2.89. The summed E-state index contributed by atoms with van der Waals surface area (Å²) in [7, 11) is 2.88. The largest absolute Gasteiger partial charge is 0.502 e. The summed E-state index contributed by atoms with van der Waals surface area (Å²) in [5, 5.41) is 9.74. The second-order valence-electron chi connectivity index (χ2n) is 3.77. The predicted molar refractivity (Wildman–Crippen MR) is 71.5 cm³/mol. The second-order valence-corrected chi connectivity index (χ2v) is 3.77. The van der Waals surface area contributed by atoms with Crippen LogP contribution in [0, 0.1) is 0 Å². The van der Waals surface area contributed by atoms with Crippen LogP contribution in [0.2, 0.25) is 0 Å². The minimum atomic E-state index is -0.409. The van der Waals surface area contributed by atoms with Crippen molar-refractivity contribution in [1.29, 1.82) is 0 Å². The zero-order valence-corrected chi connectivity index (χ0v) is 11.3. The van der Waals surface area contributed by atoms with Crippen molar-refractivity contribution in [3.8, 4) is 17.2 Å². The smallest absolute Gasteiger partial charge is 0.330 e. The van der Waals surface area contributed by atoms with E-state index in [-0.39, 0.29) is 17.2 Å². The van der Waals surface area contributed by atoms with E-state index in [1.807, 2.05) is 6.92 Å². The molecule has 0 spiro atoms. The second kappa shape index (κ2) is 7.31. The fourth-order valence-corrected chi connectivity index (χ4v) is 1.43. The molecule has 0 aliphatic heterocycles. The maximum atomic E-state index is 11.3. The average Bonchev–Trinajstić information content (AvgIpc) is 2.43. The monoisotopic (exact) mass is 266 g/mol. The number of carbonyl (C=O) groups excluding carboxylic acids is 1. The topological polar surface area (TPSA) is 65.0 Å². The molecule has 5 heteroatoms.